The first-order valence-corrected chi connectivity index (χ1v) is 5.81. The van der Waals surface area contributed by atoms with Crippen LogP contribution in [0.1, 0.15) is 26.7 Å². The Morgan fingerprint density at radius 3 is 2.47 bits per heavy atom. The zero-order valence-corrected chi connectivity index (χ0v) is 10.1. The zero-order chi connectivity index (χ0) is 12.5. The lowest BCUT2D eigenvalue weighted by Crippen LogP contribution is -2.40. The molecule has 0 aromatic heterocycles. The normalized spacial score (nSPS) is 23.4. The molecule has 1 atom stereocenters. The predicted octanol–water partition coefficient (Wildman–Crippen LogP) is 3.33. The second kappa shape index (κ2) is 4.61. The third-order valence-corrected chi connectivity index (χ3v) is 2.93. The largest absolute Gasteiger partial charge is 0.382 e. The fourth-order valence-corrected chi connectivity index (χ4v) is 2.23. The monoisotopic (exact) mass is 241 g/mol. The summed E-state index contributed by atoms with van der Waals surface area (Å²) in [6, 6.07) is 3.69. The van der Waals surface area contributed by atoms with E-state index in [2.05, 4.69) is 5.32 Å². The van der Waals surface area contributed by atoms with Gasteiger partial charge in [-0.25, -0.2) is 8.78 Å². The molecule has 0 spiro atoms. The van der Waals surface area contributed by atoms with Gasteiger partial charge in [0.15, 0.2) is 0 Å². The minimum atomic E-state index is -0.557. The molecule has 1 aliphatic rings. The van der Waals surface area contributed by atoms with Crippen molar-refractivity contribution in [2.75, 3.05) is 11.9 Å². The first-order valence-electron chi connectivity index (χ1n) is 5.81. The van der Waals surface area contributed by atoms with Crippen molar-refractivity contribution >= 4 is 5.69 Å². The number of rotatable bonds is 2. The molecule has 0 radical (unpaired) electrons. The Bertz CT molecular complexity index is 386. The maximum atomic E-state index is 13.0. The number of nitrogens with one attached hydrogen (secondary N) is 1. The van der Waals surface area contributed by atoms with Gasteiger partial charge in [0.2, 0.25) is 0 Å². The van der Waals surface area contributed by atoms with Crippen molar-refractivity contribution in [2.24, 2.45) is 0 Å². The van der Waals surface area contributed by atoms with Crippen LogP contribution in [0.2, 0.25) is 0 Å². The van der Waals surface area contributed by atoms with Crippen LogP contribution in [0.15, 0.2) is 18.2 Å². The molecule has 17 heavy (non-hydrogen) atoms. The minimum Gasteiger partial charge on any atom is -0.382 e. The Kier molecular flexibility index (Phi) is 3.33. The van der Waals surface area contributed by atoms with E-state index in [1.165, 1.54) is 12.1 Å². The van der Waals surface area contributed by atoms with Crippen LogP contribution in [0.3, 0.4) is 0 Å². The molecule has 1 fully saturated rings. The van der Waals surface area contributed by atoms with Gasteiger partial charge in [-0.2, -0.15) is 0 Å². The lowest BCUT2D eigenvalue weighted by Gasteiger charge is -2.36. The molecular weight excluding hydrogens is 224 g/mol. The number of halogens is 2. The Morgan fingerprint density at radius 1 is 1.24 bits per heavy atom. The van der Waals surface area contributed by atoms with Gasteiger partial charge in [-0.15, -0.1) is 0 Å². The topological polar surface area (TPSA) is 21.3 Å². The third kappa shape index (κ3) is 3.40. The molecule has 0 amide bonds. The van der Waals surface area contributed by atoms with Crippen LogP contribution in [0.5, 0.6) is 0 Å². The quantitative estimate of drug-likeness (QED) is 0.857. The van der Waals surface area contributed by atoms with E-state index in [1.54, 1.807) is 0 Å². The number of hydrogen-bond acceptors (Lipinski definition) is 2. The van der Waals surface area contributed by atoms with E-state index < -0.39 is 11.6 Å². The van der Waals surface area contributed by atoms with Crippen LogP contribution in [0.25, 0.3) is 0 Å². The number of benzene rings is 1. The van der Waals surface area contributed by atoms with E-state index in [4.69, 9.17) is 4.74 Å². The maximum absolute atomic E-state index is 13.0. The second-order valence-electron chi connectivity index (χ2n) is 5.10. The summed E-state index contributed by atoms with van der Waals surface area (Å²) in [6.07, 6.45) is 1.67. The SMILES string of the molecule is CC1(C)CC(Nc2cc(F)cc(F)c2)CCO1. The van der Waals surface area contributed by atoms with E-state index >= 15 is 0 Å². The van der Waals surface area contributed by atoms with E-state index in [0.717, 1.165) is 18.9 Å². The Morgan fingerprint density at radius 2 is 1.88 bits per heavy atom. The van der Waals surface area contributed by atoms with Gasteiger partial charge in [-0.3, -0.25) is 0 Å². The fraction of sp³-hybridized carbons (Fsp3) is 0.538. The summed E-state index contributed by atoms with van der Waals surface area (Å²) < 4.78 is 31.7. The minimum absolute atomic E-state index is 0.179. The van der Waals surface area contributed by atoms with Gasteiger partial charge in [0.1, 0.15) is 11.6 Å². The highest BCUT2D eigenvalue weighted by molar-refractivity contribution is 5.44. The first kappa shape index (κ1) is 12.3. The van der Waals surface area contributed by atoms with E-state index in [9.17, 15) is 8.78 Å². The summed E-state index contributed by atoms with van der Waals surface area (Å²) >= 11 is 0. The average Bonchev–Trinajstić information content (AvgIpc) is 2.13. The highest BCUT2D eigenvalue weighted by Gasteiger charge is 2.28. The maximum Gasteiger partial charge on any atom is 0.128 e. The standard InChI is InChI=1S/C13H17F2NO/c1-13(2)8-11(3-4-17-13)16-12-6-9(14)5-10(15)7-12/h5-7,11,16H,3-4,8H2,1-2H3. The van der Waals surface area contributed by atoms with Crippen LogP contribution in [-0.4, -0.2) is 18.2 Å². The van der Waals surface area contributed by atoms with E-state index in [0.29, 0.717) is 12.3 Å². The van der Waals surface area contributed by atoms with Crippen molar-refractivity contribution in [1.82, 2.24) is 0 Å². The molecule has 1 heterocycles. The average molecular weight is 241 g/mol. The van der Waals surface area contributed by atoms with Gasteiger partial charge >= 0.3 is 0 Å². The van der Waals surface area contributed by atoms with Gasteiger partial charge in [-0.05, 0) is 38.8 Å². The molecule has 2 rings (SSSR count). The van der Waals surface area contributed by atoms with Crippen molar-refractivity contribution in [2.45, 2.75) is 38.3 Å². The summed E-state index contributed by atoms with van der Waals surface area (Å²) in [4.78, 5) is 0. The van der Waals surface area contributed by atoms with Gasteiger partial charge in [0, 0.05) is 24.4 Å². The first-order chi connectivity index (χ1) is 7.94. The molecule has 1 aromatic carbocycles. The molecule has 0 aliphatic carbocycles. The summed E-state index contributed by atoms with van der Waals surface area (Å²) in [5.41, 5.74) is 0.312. The van der Waals surface area contributed by atoms with Gasteiger partial charge in [0.05, 0.1) is 5.60 Å². The summed E-state index contributed by atoms with van der Waals surface area (Å²) in [7, 11) is 0. The smallest absolute Gasteiger partial charge is 0.128 e. The Hall–Kier alpha value is -1.16. The molecular formula is C13H17F2NO. The van der Waals surface area contributed by atoms with Gasteiger partial charge < -0.3 is 10.1 Å². The van der Waals surface area contributed by atoms with Gasteiger partial charge in [0.25, 0.3) is 0 Å². The van der Waals surface area contributed by atoms with E-state index in [-0.39, 0.29) is 11.6 Å². The Balaban J connectivity index is 2.05. The van der Waals surface area contributed by atoms with Crippen LogP contribution in [-0.2, 0) is 4.74 Å². The molecule has 4 heteroatoms. The predicted molar refractivity (Wildman–Crippen MR) is 63.0 cm³/mol. The molecule has 0 bridgehead atoms. The van der Waals surface area contributed by atoms with Gasteiger partial charge in [-0.1, -0.05) is 0 Å². The number of anilines is 1. The van der Waals surface area contributed by atoms with Crippen molar-refractivity contribution in [3.05, 3.63) is 29.8 Å². The molecule has 94 valence electrons. The molecule has 1 saturated heterocycles. The molecule has 1 unspecified atom stereocenters. The van der Waals surface area contributed by atoms with Crippen LogP contribution in [0.4, 0.5) is 14.5 Å². The van der Waals surface area contributed by atoms with Crippen molar-refractivity contribution < 1.29 is 13.5 Å². The fourth-order valence-electron chi connectivity index (χ4n) is 2.23. The molecule has 1 aromatic rings. The van der Waals surface area contributed by atoms with Crippen molar-refractivity contribution in [3.8, 4) is 0 Å². The summed E-state index contributed by atoms with van der Waals surface area (Å²) in [5.74, 6) is -1.11. The second-order valence-corrected chi connectivity index (χ2v) is 5.10. The zero-order valence-electron chi connectivity index (χ0n) is 10.1. The lowest BCUT2D eigenvalue weighted by atomic mass is 9.94. The van der Waals surface area contributed by atoms with Crippen LogP contribution in [0, 0.1) is 11.6 Å². The van der Waals surface area contributed by atoms with Crippen LogP contribution >= 0.6 is 0 Å². The number of ether oxygens (including phenoxy) is 1. The summed E-state index contributed by atoms with van der Waals surface area (Å²) in [6.45, 7) is 4.71. The lowest BCUT2D eigenvalue weighted by molar-refractivity contribution is -0.0553. The summed E-state index contributed by atoms with van der Waals surface area (Å²) in [5, 5.41) is 3.16. The number of hydrogen-bond donors (Lipinski definition) is 1. The highest BCUT2D eigenvalue weighted by atomic mass is 19.1. The molecule has 0 saturated carbocycles. The molecule has 2 nitrogen and oxygen atoms in total. The third-order valence-electron chi connectivity index (χ3n) is 2.93. The molecule has 1 aliphatic heterocycles. The molecule has 1 N–H and O–H groups in total. The Labute approximate surface area is 100.0 Å². The highest BCUT2D eigenvalue weighted by Crippen LogP contribution is 2.26. The van der Waals surface area contributed by atoms with Crippen molar-refractivity contribution in [3.63, 3.8) is 0 Å². The van der Waals surface area contributed by atoms with Crippen molar-refractivity contribution in [1.29, 1.82) is 0 Å². The van der Waals surface area contributed by atoms with Crippen LogP contribution < -0.4 is 5.32 Å². The van der Waals surface area contributed by atoms with E-state index in [1.807, 2.05) is 13.8 Å².